The molecule has 0 saturated carbocycles. The molecule has 3 heteroatoms. The molecule has 0 radical (unpaired) electrons. The standard InChI is InChI=1S/C16H18O3/c1-4-6-13-7-9-14(10-8-13)12(3)15(17)16(18)19-11-5-2/h4-5,7-10,12H,1-2,6,11H2,3H3. The Morgan fingerprint density at radius 3 is 2.37 bits per heavy atom. The SMILES string of the molecule is C=CCOC(=O)C(=O)C(C)c1ccc(CC=C)cc1. The van der Waals surface area contributed by atoms with Crippen LogP contribution in [0.1, 0.15) is 24.0 Å². The van der Waals surface area contributed by atoms with Crippen molar-refractivity contribution in [1.29, 1.82) is 0 Å². The van der Waals surface area contributed by atoms with E-state index in [0.29, 0.717) is 0 Å². The summed E-state index contributed by atoms with van der Waals surface area (Å²) < 4.78 is 4.74. The number of hydrogen-bond acceptors (Lipinski definition) is 3. The van der Waals surface area contributed by atoms with Crippen molar-refractivity contribution in [3.8, 4) is 0 Å². The van der Waals surface area contributed by atoms with Crippen molar-refractivity contribution in [3.05, 3.63) is 60.7 Å². The summed E-state index contributed by atoms with van der Waals surface area (Å²) in [6, 6.07) is 7.55. The molecule has 0 aliphatic rings. The fourth-order valence-electron chi connectivity index (χ4n) is 1.64. The molecule has 3 nitrogen and oxygen atoms in total. The van der Waals surface area contributed by atoms with E-state index in [9.17, 15) is 9.59 Å². The number of ketones is 1. The minimum Gasteiger partial charge on any atom is -0.456 e. The molecule has 0 spiro atoms. The van der Waals surface area contributed by atoms with Crippen LogP contribution in [0.25, 0.3) is 0 Å². The Hall–Kier alpha value is -2.16. The van der Waals surface area contributed by atoms with Crippen molar-refractivity contribution in [2.75, 3.05) is 6.61 Å². The molecule has 19 heavy (non-hydrogen) atoms. The lowest BCUT2D eigenvalue weighted by Gasteiger charge is -2.10. The van der Waals surface area contributed by atoms with Crippen molar-refractivity contribution in [3.63, 3.8) is 0 Å². The molecule has 0 amide bonds. The van der Waals surface area contributed by atoms with Crippen LogP contribution in [0.15, 0.2) is 49.6 Å². The van der Waals surface area contributed by atoms with Crippen molar-refractivity contribution in [2.24, 2.45) is 0 Å². The number of ether oxygens (including phenoxy) is 1. The monoisotopic (exact) mass is 258 g/mol. The highest BCUT2D eigenvalue weighted by Gasteiger charge is 2.23. The summed E-state index contributed by atoms with van der Waals surface area (Å²) in [6.45, 7) is 8.84. The predicted octanol–water partition coefficient (Wildman–Crippen LogP) is 2.82. The molecule has 0 aliphatic heterocycles. The van der Waals surface area contributed by atoms with Gasteiger partial charge in [-0.15, -0.1) is 6.58 Å². The van der Waals surface area contributed by atoms with Gasteiger partial charge in [0.05, 0.1) is 5.92 Å². The van der Waals surface area contributed by atoms with E-state index in [1.807, 2.05) is 30.3 Å². The molecular weight excluding hydrogens is 240 g/mol. The number of esters is 1. The van der Waals surface area contributed by atoms with Crippen LogP contribution in [-0.2, 0) is 20.7 Å². The van der Waals surface area contributed by atoms with Gasteiger partial charge in [0.1, 0.15) is 6.61 Å². The quantitative estimate of drug-likeness (QED) is 0.429. The topological polar surface area (TPSA) is 43.4 Å². The molecule has 1 aromatic rings. The second-order valence-electron chi connectivity index (χ2n) is 4.21. The van der Waals surface area contributed by atoms with Crippen molar-refractivity contribution < 1.29 is 14.3 Å². The van der Waals surface area contributed by atoms with Crippen molar-refractivity contribution >= 4 is 11.8 Å². The Kier molecular flexibility index (Phi) is 5.73. The first-order valence-electron chi connectivity index (χ1n) is 6.11. The molecule has 0 bridgehead atoms. The first-order chi connectivity index (χ1) is 9.10. The third-order valence-corrected chi connectivity index (χ3v) is 2.79. The number of allylic oxidation sites excluding steroid dienone is 1. The van der Waals surface area contributed by atoms with Crippen LogP contribution in [0.2, 0.25) is 0 Å². The first kappa shape index (κ1) is 14.9. The van der Waals surface area contributed by atoms with Crippen LogP contribution in [0.4, 0.5) is 0 Å². The number of benzene rings is 1. The molecule has 0 aromatic heterocycles. The van der Waals surface area contributed by atoms with Gasteiger partial charge in [-0.3, -0.25) is 4.79 Å². The Morgan fingerprint density at radius 1 is 1.21 bits per heavy atom. The van der Waals surface area contributed by atoms with E-state index in [2.05, 4.69) is 13.2 Å². The van der Waals surface area contributed by atoms with Crippen LogP contribution < -0.4 is 0 Å². The summed E-state index contributed by atoms with van der Waals surface area (Å²) in [5.41, 5.74) is 1.92. The zero-order valence-electron chi connectivity index (χ0n) is 11.1. The predicted molar refractivity (Wildman–Crippen MR) is 74.9 cm³/mol. The smallest absolute Gasteiger partial charge is 0.375 e. The fraction of sp³-hybridized carbons (Fsp3) is 0.250. The highest BCUT2D eigenvalue weighted by Crippen LogP contribution is 2.18. The number of carbonyl (C=O) groups excluding carboxylic acids is 2. The van der Waals surface area contributed by atoms with E-state index in [1.54, 1.807) is 6.92 Å². The van der Waals surface area contributed by atoms with Gasteiger partial charge in [-0.25, -0.2) is 4.79 Å². The van der Waals surface area contributed by atoms with E-state index < -0.39 is 17.7 Å². The second kappa shape index (κ2) is 7.31. The molecule has 0 fully saturated rings. The van der Waals surface area contributed by atoms with Gasteiger partial charge in [-0.1, -0.05) is 49.9 Å². The molecule has 0 aliphatic carbocycles. The summed E-state index contributed by atoms with van der Waals surface area (Å²) in [5.74, 6) is -1.86. The maximum absolute atomic E-state index is 11.8. The van der Waals surface area contributed by atoms with E-state index >= 15 is 0 Å². The normalized spacial score (nSPS) is 11.4. The van der Waals surface area contributed by atoms with Crippen molar-refractivity contribution in [1.82, 2.24) is 0 Å². The highest BCUT2D eigenvalue weighted by molar-refractivity contribution is 6.35. The Labute approximate surface area is 113 Å². The molecule has 0 N–H and O–H groups in total. The van der Waals surface area contributed by atoms with Gasteiger partial charge in [0, 0.05) is 0 Å². The Morgan fingerprint density at radius 2 is 1.84 bits per heavy atom. The Bertz CT molecular complexity index is 471. The lowest BCUT2D eigenvalue weighted by molar-refractivity contribution is -0.153. The molecule has 100 valence electrons. The van der Waals surface area contributed by atoms with Gasteiger partial charge in [-0.2, -0.15) is 0 Å². The minimum absolute atomic E-state index is 0.0512. The average molecular weight is 258 g/mol. The largest absolute Gasteiger partial charge is 0.456 e. The van der Waals surface area contributed by atoms with Gasteiger partial charge < -0.3 is 4.74 Å². The Balaban J connectivity index is 2.73. The first-order valence-corrected chi connectivity index (χ1v) is 6.11. The van der Waals surface area contributed by atoms with Gasteiger partial charge in [0.25, 0.3) is 0 Å². The lowest BCUT2D eigenvalue weighted by atomic mass is 9.95. The van der Waals surface area contributed by atoms with Crippen LogP contribution in [-0.4, -0.2) is 18.4 Å². The third-order valence-electron chi connectivity index (χ3n) is 2.79. The van der Waals surface area contributed by atoms with Crippen LogP contribution in [0.3, 0.4) is 0 Å². The van der Waals surface area contributed by atoms with Crippen LogP contribution in [0.5, 0.6) is 0 Å². The average Bonchev–Trinajstić information content (AvgIpc) is 2.44. The number of Topliss-reactive ketones (excluding diaryl/α,β-unsaturated/α-hetero) is 1. The van der Waals surface area contributed by atoms with Gasteiger partial charge in [0.2, 0.25) is 5.78 Å². The molecule has 1 aromatic carbocycles. The molecule has 1 atom stereocenters. The minimum atomic E-state index is -0.817. The van der Waals surface area contributed by atoms with Gasteiger partial charge in [-0.05, 0) is 17.5 Å². The molecule has 1 unspecified atom stereocenters. The molecule has 0 saturated heterocycles. The number of rotatable bonds is 7. The number of carbonyl (C=O) groups is 2. The summed E-state index contributed by atoms with van der Waals surface area (Å²) in [6.07, 6.45) is 4.03. The number of hydrogen-bond donors (Lipinski definition) is 0. The maximum atomic E-state index is 11.8. The summed E-state index contributed by atoms with van der Waals surface area (Å²) in [4.78, 5) is 23.3. The van der Waals surface area contributed by atoms with E-state index in [0.717, 1.165) is 17.5 Å². The van der Waals surface area contributed by atoms with Crippen LogP contribution >= 0.6 is 0 Å². The van der Waals surface area contributed by atoms with Crippen LogP contribution in [0, 0.1) is 0 Å². The summed E-state index contributed by atoms with van der Waals surface area (Å²) >= 11 is 0. The van der Waals surface area contributed by atoms with E-state index in [-0.39, 0.29) is 6.61 Å². The zero-order chi connectivity index (χ0) is 14.3. The summed E-state index contributed by atoms with van der Waals surface area (Å²) in [7, 11) is 0. The second-order valence-corrected chi connectivity index (χ2v) is 4.21. The lowest BCUT2D eigenvalue weighted by Crippen LogP contribution is -2.22. The summed E-state index contributed by atoms with van der Waals surface area (Å²) in [5, 5.41) is 0. The van der Waals surface area contributed by atoms with Gasteiger partial charge >= 0.3 is 5.97 Å². The highest BCUT2D eigenvalue weighted by atomic mass is 16.5. The van der Waals surface area contributed by atoms with Crippen molar-refractivity contribution in [2.45, 2.75) is 19.3 Å². The van der Waals surface area contributed by atoms with E-state index in [1.165, 1.54) is 6.08 Å². The van der Waals surface area contributed by atoms with E-state index in [4.69, 9.17) is 4.74 Å². The zero-order valence-corrected chi connectivity index (χ0v) is 11.1. The third kappa shape index (κ3) is 4.21. The van der Waals surface area contributed by atoms with Gasteiger partial charge in [0.15, 0.2) is 0 Å². The maximum Gasteiger partial charge on any atom is 0.375 e. The fourth-order valence-corrected chi connectivity index (χ4v) is 1.64. The molecule has 1 rings (SSSR count). The molecule has 0 heterocycles. The molecular formula is C16H18O3.